The minimum atomic E-state index is -0.231. The molecule has 0 spiro atoms. The van der Waals surface area contributed by atoms with E-state index in [4.69, 9.17) is 9.15 Å². The third-order valence-electron chi connectivity index (χ3n) is 3.09. The monoisotopic (exact) mass is 312 g/mol. The second-order valence-corrected chi connectivity index (χ2v) is 4.76. The maximum atomic E-state index is 12.2. The molecule has 0 aromatic carbocycles. The average molecular weight is 312 g/mol. The molecule has 0 unspecified atom stereocenters. The first-order valence-corrected chi connectivity index (χ1v) is 7.28. The first kappa shape index (κ1) is 18.0. The molecule has 2 amide bonds. The van der Waals surface area contributed by atoms with Crippen molar-refractivity contribution in [2.45, 2.75) is 25.8 Å². The lowest BCUT2D eigenvalue weighted by Crippen LogP contribution is -2.41. The lowest BCUT2D eigenvalue weighted by molar-refractivity contribution is -0.140. The number of methoxy groups -OCH3 is 2. The number of carbonyl (C=O) groups is 2. The number of rotatable bonds is 10. The van der Waals surface area contributed by atoms with Gasteiger partial charge < -0.3 is 24.1 Å². The lowest BCUT2D eigenvalue weighted by Gasteiger charge is -2.21. The van der Waals surface area contributed by atoms with Gasteiger partial charge in [0.2, 0.25) is 0 Å². The van der Waals surface area contributed by atoms with Crippen LogP contribution in [0.15, 0.2) is 22.8 Å². The summed E-state index contributed by atoms with van der Waals surface area (Å²) in [5.74, 6) is 0.489. The van der Waals surface area contributed by atoms with E-state index in [1.807, 2.05) is 6.07 Å². The summed E-state index contributed by atoms with van der Waals surface area (Å²) in [4.78, 5) is 24.8. The zero-order valence-corrected chi connectivity index (χ0v) is 13.2. The van der Waals surface area contributed by atoms with E-state index in [1.54, 1.807) is 24.3 Å². The SMILES string of the molecule is COCCN(Cc1ccco1)C(=O)NCCCCC(=O)OC. The molecule has 124 valence electrons. The van der Waals surface area contributed by atoms with Crippen LogP contribution in [0.1, 0.15) is 25.0 Å². The Morgan fingerprint density at radius 3 is 2.77 bits per heavy atom. The Kier molecular flexibility index (Phi) is 8.74. The van der Waals surface area contributed by atoms with E-state index in [2.05, 4.69) is 10.1 Å². The molecule has 0 saturated heterocycles. The van der Waals surface area contributed by atoms with Gasteiger partial charge in [0.05, 0.1) is 26.5 Å². The number of nitrogens with one attached hydrogen (secondary N) is 1. The summed E-state index contributed by atoms with van der Waals surface area (Å²) < 4.78 is 14.8. The summed E-state index contributed by atoms with van der Waals surface area (Å²) in [7, 11) is 2.96. The van der Waals surface area contributed by atoms with E-state index >= 15 is 0 Å². The maximum absolute atomic E-state index is 12.2. The van der Waals surface area contributed by atoms with E-state index in [0.29, 0.717) is 39.1 Å². The Labute approximate surface area is 130 Å². The number of amides is 2. The molecule has 1 aromatic rings. The smallest absolute Gasteiger partial charge is 0.317 e. The fourth-order valence-corrected chi connectivity index (χ4v) is 1.85. The minimum absolute atomic E-state index is 0.175. The van der Waals surface area contributed by atoms with Crippen LogP contribution in [-0.2, 0) is 20.8 Å². The predicted molar refractivity (Wildman–Crippen MR) is 80.3 cm³/mol. The topological polar surface area (TPSA) is 81.0 Å². The average Bonchev–Trinajstić information content (AvgIpc) is 3.03. The lowest BCUT2D eigenvalue weighted by atomic mass is 10.2. The van der Waals surface area contributed by atoms with Gasteiger partial charge in [-0.1, -0.05) is 0 Å². The Balaban J connectivity index is 2.31. The molecule has 22 heavy (non-hydrogen) atoms. The predicted octanol–water partition coefficient (Wildman–Crippen LogP) is 1.78. The number of furan rings is 1. The van der Waals surface area contributed by atoms with E-state index in [9.17, 15) is 9.59 Å². The molecular formula is C15H24N2O5. The van der Waals surface area contributed by atoms with Crippen molar-refractivity contribution in [1.29, 1.82) is 0 Å². The third-order valence-corrected chi connectivity index (χ3v) is 3.09. The summed E-state index contributed by atoms with van der Waals surface area (Å²) in [6, 6.07) is 3.43. The highest BCUT2D eigenvalue weighted by Crippen LogP contribution is 2.06. The molecule has 7 heteroatoms. The van der Waals surface area contributed by atoms with Gasteiger partial charge in [-0.15, -0.1) is 0 Å². The second kappa shape index (κ2) is 10.7. The Morgan fingerprint density at radius 1 is 1.32 bits per heavy atom. The van der Waals surface area contributed by atoms with Crippen molar-refractivity contribution in [2.24, 2.45) is 0 Å². The van der Waals surface area contributed by atoms with Gasteiger partial charge in [0.1, 0.15) is 5.76 Å². The number of carbonyl (C=O) groups excluding carboxylic acids is 2. The molecule has 1 aromatic heterocycles. The molecule has 0 aliphatic rings. The number of hydrogen-bond donors (Lipinski definition) is 1. The minimum Gasteiger partial charge on any atom is -0.469 e. The van der Waals surface area contributed by atoms with Crippen LogP contribution >= 0.6 is 0 Å². The second-order valence-electron chi connectivity index (χ2n) is 4.76. The van der Waals surface area contributed by atoms with E-state index in [0.717, 1.165) is 12.2 Å². The van der Waals surface area contributed by atoms with Crippen LogP contribution in [0.25, 0.3) is 0 Å². The Bertz CT molecular complexity index is 433. The van der Waals surface area contributed by atoms with Crippen LogP contribution in [-0.4, -0.2) is 50.8 Å². The van der Waals surface area contributed by atoms with Gasteiger partial charge in [0, 0.05) is 26.6 Å². The molecule has 0 aliphatic heterocycles. The first-order chi connectivity index (χ1) is 10.7. The van der Waals surface area contributed by atoms with Crippen LogP contribution in [0.2, 0.25) is 0 Å². The number of esters is 1. The van der Waals surface area contributed by atoms with Gasteiger partial charge >= 0.3 is 12.0 Å². The number of urea groups is 1. The van der Waals surface area contributed by atoms with E-state index in [-0.39, 0.29) is 12.0 Å². The van der Waals surface area contributed by atoms with Crippen molar-refractivity contribution >= 4 is 12.0 Å². The highest BCUT2D eigenvalue weighted by molar-refractivity contribution is 5.74. The molecular weight excluding hydrogens is 288 g/mol. The zero-order chi connectivity index (χ0) is 16.2. The summed E-state index contributed by atoms with van der Waals surface area (Å²) in [6.45, 7) is 1.84. The van der Waals surface area contributed by atoms with Gasteiger partial charge in [0.25, 0.3) is 0 Å². The van der Waals surface area contributed by atoms with Crippen LogP contribution in [0, 0.1) is 0 Å². The maximum Gasteiger partial charge on any atom is 0.317 e. The van der Waals surface area contributed by atoms with Crippen molar-refractivity contribution < 1.29 is 23.5 Å². The fourth-order valence-electron chi connectivity index (χ4n) is 1.85. The summed E-state index contributed by atoms with van der Waals surface area (Å²) in [5.41, 5.74) is 0. The number of nitrogens with zero attached hydrogens (tertiary/aromatic N) is 1. The molecule has 0 fully saturated rings. The van der Waals surface area contributed by atoms with Crippen molar-refractivity contribution in [1.82, 2.24) is 10.2 Å². The van der Waals surface area contributed by atoms with Crippen molar-refractivity contribution in [3.05, 3.63) is 24.2 Å². The first-order valence-electron chi connectivity index (χ1n) is 7.28. The van der Waals surface area contributed by atoms with Crippen molar-refractivity contribution in [3.63, 3.8) is 0 Å². The van der Waals surface area contributed by atoms with Gasteiger partial charge in [-0.2, -0.15) is 0 Å². The molecule has 0 aliphatic carbocycles. The number of hydrogen-bond acceptors (Lipinski definition) is 5. The molecule has 1 heterocycles. The van der Waals surface area contributed by atoms with Crippen LogP contribution in [0.3, 0.4) is 0 Å². The van der Waals surface area contributed by atoms with Gasteiger partial charge in [-0.05, 0) is 25.0 Å². The van der Waals surface area contributed by atoms with Crippen LogP contribution in [0.4, 0.5) is 4.79 Å². The Morgan fingerprint density at radius 2 is 2.14 bits per heavy atom. The van der Waals surface area contributed by atoms with Gasteiger partial charge in [-0.25, -0.2) is 4.79 Å². The largest absolute Gasteiger partial charge is 0.469 e. The van der Waals surface area contributed by atoms with Gasteiger partial charge in [-0.3, -0.25) is 4.79 Å². The zero-order valence-electron chi connectivity index (χ0n) is 13.2. The molecule has 0 radical (unpaired) electrons. The standard InChI is InChI=1S/C15H24N2O5/c1-20-11-9-17(12-13-6-5-10-22-13)15(19)16-8-4-3-7-14(18)21-2/h5-6,10H,3-4,7-9,11-12H2,1-2H3,(H,16,19). The molecule has 0 saturated carbocycles. The summed E-state index contributed by atoms with van der Waals surface area (Å²) in [5, 5.41) is 2.83. The summed E-state index contributed by atoms with van der Waals surface area (Å²) in [6.07, 6.45) is 3.35. The fraction of sp³-hybridized carbons (Fsp3) is 0.600. The highest BCUT2D eigenvalue weighted by atomic mass is 16.5. The molecule has 0 bridgehead atoms. The molecule has 7 nitrogen and oxygen atoms in total. The van der Waals surface area contributed by atoms with Crippen molar-refractivity contribution in [2.75, 3.05) is 33.9 Å². The Hall–Kier alpha value is -2.02. The van der Waals surface area contributed by atoms with Crippen LogP contribution in [0.5, 0.6) is 0 Å². The van der Waals surface area contributed by atoms with E-state index < -0.39 is 0 Å². The molecule has 1 rings (SSSR count). The molecule has 1 N–H and O–H groups in total. The summed E-state index contributed by atoms with van der Waals surface area (Å²) >= 11 is 0. The highest BCUT2D eigenvalue weighted by Gasteiger charge is 2.14. The van der Waals surface area contributed by atoms with Crippen LogP contribution < -0.4 is 5.32 Å². The molecule has 0 atom stereocenters. The van der Waals surface area contributed by atoms with Gasteiger partial charge in [0.15, 0.2) is 0 Å². The third kappa shape index (κ3) is 7.12. The van der Waals surface area contributed by atoms with Crippen molar-refractivity contribution in [3.8, 4) is 0 Å². The quantitative estimate of drug-likeness (QED) is 0.526. The normalized spacial score (nSPS) is 10.3. The number of ether oxygens (including phenoxy) is 2. The van der Waals surface area contributed by atoms with E-state index in [1.165, 1.54) is 7.11 Å². The number of unbranched alkanes of at least 4 members (excludes halogenated alkanes) is 1.